The van der Waals surface area contributed by atoms with Crippen molar-refractivity contribution in [1.82, 2.24) is 4.90 Å². The maximum absolute atomic E-state index is 12.6. The Morgan fingerprint density at radius 2 is 2.14 bits per heavy atom. The van der Waals surface area contributed by atoms with E-state index in [-0.39, 0.29) is 24.4 Å². The Hall–Kier alpha value is -1.10. The molecule has 1 fully saturated rings. The molecule has 0 radical (unpaired) electrons. The highest BCUT2D eigenvalue weighted by molar-refractivity contribution is 5.97. The number of halogens is 1. The summed E-state index contributed by atoms with van der Waals surface area (Å²) in [6.07, 6.45) is 2.09. The van der Waals surface area contributed by atoms with E-state index in [1.807, 2.05) is 17.0 Å². The number of likely N-dealkylation sites (tertiary alicyclic amines) is 1. The summed E-state index contributed by atoms with van der Waals surface area (Å²) >= 11 is 0. The molecule has 1 aromatic rings. The van der Waals surface area contributed by atoms with Crippen LogP contribution in [-0.4, -0.2) is 43.0 Å². The van der Waals surface area contributed by atoms with E-state index in [2.05, 4.69) is 24.0 Å². The number of amides is 1. The van der Waals surface area contributed by atoms with Crippen molar-refractivity contribution in [1.29, 1.82) is 0 Å². The van der Waals surface area contributed by atoms with E-state index in [4.69, 9.17) is 5.73 Å². The normalized spacial score (nSPS) is 24.8. The molecule has 0 spiro atoms. The molecular weight excluding hydrogens is 286 g/mol. The van der Waals surface area contributed by atoms with Crippen molar-refractivity contribution >= 4 is 24.0 Å². The number of carbonyl (C=O) groups is 1. The zero-order valence-electron chi connectivity index (χ0n) is 12.5. The molecule has 2 unspecified atom stereocenters. The Labute approximate surface area is 132 Å². The predicted octanol–water partition coefficient (Wildman–Crippen LogP) is 1.67. The number of carbonyl (C=O) groups excluding carboxylic acids is 1. The summed E-state index contributed by atoms with van der Waals surface area (Å²) in [6, 6.07) is 8.51. The summed E-state index contributed by atoms with van der Waals surface area (Å²) in [5.41, 5.74) is 8.10. The molecule has 5 heteroatoms. The molecule has 0 aliphatic carbocycles. The average Bonchev–Trinajstić information content (AvgIpc) is 3.01. The second-order valence-electron chi connectivity index (χ2n) is 6.07. The number of rotatable bonds is 3. The maximum Gasteiger partial charge on any atom is 0.241 e. The lowest BCUT2D eigenvalue weighted by Gasteiger charge is -2.25. The number of hydrogen-bond acceptors (Lipinski definition) is 3. The molecule has 2 N–H and O–H groups in total. The maximum atomic E-state index is 12.6. The van der Waals surface area contributed by atoms with Crippen LogP contribution in [0.2, 0.25) is 0 Å². The van der Waals surface area contributed by atoms with Crippen LogP contribution in [0.15, 0.2) is 24.3 Å². The van der Waals surface area contributed by atoms with Gasteiger partial charge in [0.15, 0.2) is 0 Å². The number of para-hydroxylation sites is 1. The molecule has 2 aliphatic heterocycles. The molecule has 0 aromatic heterocycles. The molecule has 116 valence electrons. The molecule has 2 aliphatic rings. The van der Waals surface area contributed by atoms with Crippen molar-refractivity contribution in [3.05, 3.63) is 29.8 Å². The van der Waals surface area contributed by atoms with E-state index < -0.39 is 0 Å². The summed E-state index contributed by atoms with van der Waals surface area (Å²) in [5, 5.41) is 0. The van der Waals surface area contributed by atoms with E-state index in [1.165, 1.54) is 5.56 Å². The van der Waals surface area contributed by atoms with Crippen LogP contribution in [-0.2, 0) is 11.2 Å². The highest BCUT2D eigenvalue weighted by Gasteiger charge is 2.32. The quantitative estimate of drug-likeness (QED) is 0.924. The molecule has 4 nitrogen and oxygen atoms in total. The highest BCUT2D eigenvalue weighted by Crippen LogP contribution is 2.32. The zero-order valence-corrected chi connectivity index (χ0v) is 13.3. The molecule has 1 saturated heterocycles. The van der Waals surface area contributed by atoms with Gasteiger partial charge in [-0.05, 0) is 50.4 Å². The zero-order chi connectivity index (χ0) is 14.1. The summed E-state index contributed by atoms with van der Waals surface area (Å²) < 4.78 is 0. The Morgan fingerprint density at radius 3 is 2.86 bits per heavy atom. The van der Waals surface area contributed by atoms with E-state index >= 15 is 0 Å². The number of benzene rings is 1. The SMILES string of the molecule is CC1Cc2ccccc2N1C(=O)CN1CCC(CN)C1.Cl. The molecule has 2 heterocycles. The van der Waals surface area contributed by atoms with Gasteiger partial charge in [0.1, 0.15) is 0 Å². The van der Waals surface area contributed by atoms with Crippen molar-refractivity contribution < 1.29 is 4.79 Å². The number of fused-ring (bicyclic) bond motifs is 1. The monoisotopic (exact) mass is 309 g/mol. The molecule has 2 atom stereocenters. The van der Waals surface area contributed by atoms with Gasteiger partial charge in [-0.1, -0.05) is 18.2 Å². The molecule has 3 rings (SSSR count). The van der Waals surface area contributed by atoms with E-state index in [0.29, 0.717) is 12.5 Å². The largest absolute Gasteiger partial charge is 0.330 e. The van der Waals surface area contributed by atoms with Crippen LogP contribution in [0.5, 0.6) is 0 Å². The van der Waals surface area contributed by atoms with Gasteiger partial charge in [0.2, 0.25) is 5.91 Å². The van der Waals surface area contributed by atoms with Crippen LogP contribution in [0.1, 0.15) is 18.9 Å². The smallest absolute Gasteiger partial charge is 0.241 e. The van der Waals surface area contributed by atoms with Gasteiger partial charge in [-0.3, -0.25) is 9.69 Å². The van der Waals surface area contributed by atoms with Crippen LogP contribution in [0, 0.1) is 5.92 Å². The first kappa shape index (κ1) is 16.3. The Balaban J connectivity index is 0.00000161. The van der Waals surface area contributed by atoms with Gasteiger partial charge in [0, 0.05) is 18.3 Å². The topological polar surface area (TPSA) is 49.6 Å². The lowest BCUT2D eigenvalue weighted by atomic mass is 10.1. The first-order valence-corrected chi connectivity index (χ1v) is 7.51. The molecule has 1 amide bonds. The van der Waals surface area contributed by atoms with E-state index in [9.17, 15) is 4.79 Å². The molecular formula is C16H24ClN3O. The van der Waals surface area contributed by atoms with Crippen molar-refractivity contribution in [2.24, 2.45) is 11.7 Å². The third-order valence-electron chi connectivity index (χ3n) is 4.54. The minimum Gasteiger partial charge on any atom is -0.330 e. The van der Waals surface area contributed by atoms with Gasteiger partial charge in [0.25, 0.3) is 0 Å². The second-order valence-corrected chi connectivity index (χ2v) is 6.07. The van der Waals surface area contributed by atoms with Crippen LogP contribution >= 0.6 is 12.4 Å². The van der Waals surface area contributed by atoms with Gasteiger partial charge in [-0.15, -0.1) is 12.4 Å². The fourth-order valence-electron chi connectivity index (χ4n) is 3.46. The number of nitrogens with zero attached hydrogens (tertiary/aromatic N) is 2. The van der Waals surface area contributed by atoms with Gasteiger partial charge in [-0.25, -0.2) is 0 Å². The van der Waals surface area contributed by atoms with Crippen LogP contribution in [0.3, 0.4) is 0 Å². The summed E-state index contributed by atoms with van der Waals surface area (Å²) in [6.45, 7) is 5.34. The lowest BCUT2D eigenvalue weighted by Crippen LogP contribution is -2.42. The standard InChI is InChI=1S/C16H23N3O.ClH/c1-12-8-14-4-2-3-5-15(14)19(12)16(20)11-18-7-6-13(9-17)10-18;/h2-5,12-13H,6-11,17H2,1H3;1H. The second kappa shape index (κ2) is 6.77. The predicted molar refractivity (Wildman–Crippen MR) is 87.9 cm³/mol. The van der Waals surface area contributed by atoms with Crippen LogP contribution in [0.25, 0.3) is 0 Å². The highest BCUT2D eigenvalue weighted by atomic mass is 35.5. The van der Waals surface area contributed by atoms with Crippen LogP contribution < -0.4 is 10.6 Å². The van der Waals surface area contributed by atoms with Gasteiger partial charge in [-0.2, -0.15) is 0 Å². The first-order valence-electron chi connectivity index (χ1n) is 7.51. The van der Waals surface area contributed by atoms with Crippen LogP contribution in [0.4, 0.5) is 5.69 Å². The lowest BCUT2D eigenvalue weighted by molar-refractivity contribution is -0.119. The summed E-state index contributed by atoms with van der Waals surface area (Å²) in [7, 11) is 0. The molecule has 21 heavy (non-hydrogen) atoms. The molecule has 0 bridgehead atoms. The molecule has 1 aromatic carbocycles. The Morgan fingerprint density at radius 1 is 1.38 bits per heavy atom. The minimum atomic E-state index is 0. The Kier molecular flexibility index (Phi) is 5.25. The third kappa shape index (κ3) is 3.23. The minimum absolute atomic E-state index is 0. The van der Waals surface area contributed by atoms with Crippen molar-refractivity contribution in [2.45, 2.75) is 25.8 Å². The van der Waals surface area contributed by atoms with E-state index in [0.717, 1.165) is 38.2 Å². The third-order valence-corrected chi connectivity index (χ3v) is 4.54. The van der Waals surface area contributed by atoms with Gasteiger partial charge in [0.05, 0.1) is 6.54 Å². The first-order chi connectivity index (χ1) is 9.69. The van der Waals surface area contributed by atoms with Gasteiger partial charge < -0.3 is 10.6 Å². The van der Waals surface area contributed by atoms with Crippen molar-refractivity contribution in [3.63, 3.8) is 0 Å². The molecule has 0 saturated carbocycles. The van der Waals surface area contributed by atoms with Crippen molar-refractivity contribution in [2.75, 3.05) is 31.1 Å². The fourth-order valence-corrected chi connectivity index (χ4v) is 3.46. The number of hydrogen-bond donors (Lipinski definition) is 1. The fraction of sp³-hybridized carbons (Fsp3) is 0.562. The number of nitrogens with two attached hydrogens (primary N) is 1. The summed E-state index contributed by atoms with van der Waals surface area (Å²) in [4.78, 5) is 16.8. The van der Waals surface area contributed by atoms with Gasteiger partial charge >= 0.3 is 0 Å². The van der Waals surface area contributed by atoms with E-state index in [1.54, 1.807) is 0 Å². The van der Waals surface area contributed by atoms with Crippen molar-refractivity contribution in [3.8, 4) is 0 Å². The Bertz CT molecular complexity index is 508. The summed E-state index contributed by atoms with van der Waals surface area (Å²) in [5.74, 6) is 0.784. The number of anilines is 1. The average molecular weight is 310 g/mol.